The minimum Gasteiger partial charge on any atom is -0.381 e. The van der Waals surface area contributed by atoms with Crippen LogP contribution in [-0.4, -0.2) is 29.2 Å². The summed E-state index contributed by atoms with van der Waals surface area (Å²) >= 11 is 0. The van der Waals surface area contributed by atoms with E-state index >= 15 is 0 Å². The Morgan fingerprint density at radius 3 is 3.00 bits per heavy atom. The molecule has 1 fully saturated rings. The predicted octanol–water partition coefficient (Wildman–Crippen LogP) is 1.39. The van der Waals surface area contributed by atoms with Gasteiger partial charge in [-0.05, 0) is 31.4 Å². The first-order valence-corrected chi connectivity index (χ1v) is 5.17. The summed E-state index contributed by atoms with van der Waals surface area (Å²) in [5, 5.41) is 7.75. The number of carbonyl (C=O) groups excluding carboxylic acids is 1. The van der Waals surface area contributed by atoms with E-state index in [0.29, 0.717) is 24.6 Å². The number of ether oxygens (including phenoxy) is 1. The maximum absolute atomic E-state index is 11.8. The van der Waals surface area contributed by atoms with Crippen LogP contribution < -0.4 is 0 Å². The van der Waals surface area contributed by atoms with E-state index in [4.69, 9.17) is 4.74 Å². The van der Waals surface area contributed by atoms with Gasteiger partial charge in [0, 0.05) is 19.6 Å². The lowest BCUT2D eigenvalue weighted by molar-refractivity contribution is 0.0947. The van der Waals surface area contributed by atoms with E-state index in [0.717, 1.165) is 18.7 Å². The lowest BCUT2D eigenvalue weighted by Crippen LogP contribution is -2.11. The Kier molecular flexibility index (Phi) is 3.06. The summed E-state index contributed by atoms with van der Waals surface area (Å²) in [4.78, 5) is 11.8. The highest BCUT2D eigenvalue weighted by atomic mass is 16.5. The Bertz CT molecular complexity index is 342. The summed E-state index contributed by atoms with van der Waals surface area (Å²) < 4.78 is 5.22. The molecule has 1 atom stereocenters. The third-order valence-electron chi connectivity index (χ3n) is 2.58. The maximum atomic E-state index is 11.8. The molecule has 0 aromatic carbocycles. The van der Waals surface area contributed by atoms with Gasteiger partial charge in [0.2, 0.25) is 0 Å². The smallest absolute Gasteiger partial charge is 0.183 e. The van der Waals surface area contributed by atoms with E-state index in [1.807, 2.05) is 13.0 Å². The van der Waals surface area contributed by atoms with Crippen LogP contribution in [0.25, 0.3) is 0 Å². The number of carbonyl (C=O) groups is 1. The topological polar surface area (TPSA) is 52.1 Å². The molecule has 0 bridgehead atoms. The Labute approximate surface area is 88.7 Å². The fourth-order valence-electron chi connectivity index (χ4n) is 1.66. The standard InChI is InChI=1S/C11H14N2O2/c1-8-2-3-10(13-12-8)11(14)6-9-4-5-15-7-9/h2-3,9H,4-7H2,1H3. The molecule has 0 N–H and O–H groups in total. The molecule has 1 aliphatic heterocycles. The quantitative estimate of drug-likeness (QED) is 0.701. The second-order valence-corrected chi connectivity index (χ2v) is 3.92. The molecule has 0 aliphatic carbocycles. The van der Waals surface area contributed by atoms with Crippen LogP contribution in [0.1, 0.15) is 29.0 Å². The van der Waals surface area contributed by atoms with Crippen molar-refractivity contribution in [1.29, 1.82) is 0 Å². The predicted molar refractivity (Wildman–Crippen MR) is 54.6 cm³/mol. The van der Waals surface area contributed by atoms with E-state index < -0.39 is 0 Å². The number of hydrogen-bond donors (Lipinski definition) is 0. The van der Waals surface area contributed by atoms with Crippen LogP contribution >= 0.6 is 0 Å². The lowest BCUT2D eigenvalue weighted by atomic mass is 10.0. The molecule has 1 aromatic rings. The van der Waals surface area contributed by atoms with Crippen molar-refractivity contribution in [3.63, 3.8) is 0 Å². The van der Waals surface area contributed by atoms with Crippen molar-refractivity contribution in [2.75, 3.05) is 13.2 Å². The summed E-state index contributed by atoms with van der Waals surface area (Å²) in [5.74, 6) is 0.429. The van der Waals surface area contributed by atoms with Gasteiger partial charge < -0.3 is 4.74 Å². The van der Waals surface area contributed by atoms with Gasteiger partial charge in [0.15, 0.2) is 5.78 Å². The summed E-state index contributed by atoms with van der Waals surface area (Å²) in [6, 6.07) is 3.55. The average Bonchev–Trinajstić information content (AvgIpc) is 2.71. The highest BCUT2D eigenvalue weighted by Crippen LogP contribution is 2.18. The van der Waals surface area contributed by atoms with E-state index in [2.05, 4.69) is 10.2 Å². The van der Waals surface area contributed by atoms with Crippen molar-refractivity contribution >= 4 is 5.78 Å². The van der Waals surface area contributed by atoms with Gasteiger partial charge >= 0.3 is 0 Å². The van der Waals surface area contributed by atoms with Gasteiger partial charge in [-0.25, -0.2) is 0 Å². The Hall–Kier alpha value is -1.29. The van der Waals surface area contributed by atoms with Gasteiger partial charge in [0.1, 0.15) is 5.69 Å². The maximum Gasteiger partial charge on any atom is 0.183 e. The molecule has 2 rings (SSSR count). The molecule has 4 nitrogen and oxygen atoms in total. The number of aryl methyl sites for hydroxylation is 1. The van der Waals surface area contributed by atoms with Crippen LogP contribution in [0.3, 0.4) is 0 Å². The molecule has 80 valence electrons. The molecule has 1 unspecified atom stereocenters. The highest BCUT2D eigenvalue weighted by molar-refractivity contribution is 5.94. The summed E-state index contributed by atoms with van der Waals surface area (Å²) in [6.07, 6.45) is 1.50. The van der Waals surface area contributed by atoms with Crippen molar-refractivity contribution in [2.45, 2.75) is 19.8 Å². The van der Waals surface area contributed by atoms with Gasteiger partial charge in [-0.2, -0.15) is 5.10 Å². The normalized spacial score (nSPS) is 20.5. The van der Waals surface area contributed by atoms with Crippen molar-refractivity contribution < 1.29 is 9.53 Å². The summed E-state index contributed by atoms with van der Waals surface area (Å²) in [5.41, 5.74) is 1.29. The molecule has 1 aliphatic rings. The van der Waals surface area contributed by atoms with Gasteiger partial charge in [0.05, 0.1) is 5.69 Å². The third kappa shape index (κ3) is 2.59. The summed E-state index contributed by atoms with van der Waals surface area (Å²) in [7, 11) is 0. The molecule has 1 aromatic heterocycles. The van der Waals surface area contributed by atoms with Crippen LogP contribution in [-0.2, 0) is 4.74 Å². The first-order chi connectivity index (χ1) is 7.25. The lowest BCUT2D eigenvalue weighted by Gasteiger charge is -2.04. The largest absolute Gasteiger partial charge is 0.381 e. The zero-order valence-corrected chi connectivity index (χ0v) is 8.77. The Balaban J connectivity index is 1.98. The average molecular weight is 206 g/mol. The van der Waals surface area contributed by atoms with Crippen molar-refractivity contribution in [3.8, 4) is 0 Å². The molecule has 4 heteroatoms. The van der Waals surface area contributed by atoms with Crippen LogP contribution in [0, 0.1) is 12.8 Å². The van der Waals surface area contributed by atoms with E-state index in [1.165, 1.54) is 0 Å². The molecule has 0 amide bonds. The molecule has 2 heterocycles. The van der Waals surface area contributed by atoms with Crippen LogP contribution in [0.5, 0.6) is 0 Å². The van der Waals surface area contributed by atoms with Gasteiger partial charge in [-0.1, -0.05) is 0 Å². The molecule has 0 saturated carbocycles. The monoisotopic (exact) mass is 206 g/mol. The SMILES string of the molecule is Cc1ccc(C(=O)CC2CCOC2)nn1. The fraction of sp³-hybridized carbons (Fsp3) is 0.545. The van der Waals surface area contributed by atoms with Crippen LogP contribution in [0.2, 0.25) is 0 Å². The van der Waals surface area contributed by atoms with Gasteiger partial charge in [-0.15, -0.1) is 5.10 Å². The molecule has 0 radical (unpaired) electrons. The van der Waals surface area contributed by atoms with Crippen molar-refractivity contribution in [3.05, 3.63) is 23.5 Å². The Morgan fingerprint density at radius 2 is 2.40 bits per heavy atom. The fourth-order valence-corrected chi connectivity index (χ4v) is 1.66. The first-order valence-electron chi connectivity index (χ1n) is 5.17. The first kappa shape index (κ1) is 10.2. The minimum absolute atomic E-state index is 0.0676. The highest BCUT2D eigenvalue weighted by Gasteiger charge is 2.20. The minimum atomic E-state index is 0.0676. The van der Waals surface area contributed by atoms with Crippen LogP contribution in [0.4, 0.5) is 0 Å². The number of rotatable bonds is 3. The molecular formula is C11H14N2O2. The van der Waals surface area contributed by atoms with Gasteiger partial charge in [-0.3, -0.25) is 4.79 Å². The second kappa shape index (κ2) is 4.49. The van der Waals surface area contributed by atoms with Gasteiger partial charge in [0.25, 0.3) is 0 Å². The van der Waals surface area contributed by atoms with E-state index in [1.54, 1.807) is 6.07 Å². The van der Waals surface area contributed by atoms with Crippen LogP contribution in [0.15, 0.2) is 12.1 Å². The zero-order valence-electron chi connectivity index (χ0n) is 8.77. The number of aromatic nitrogens is 2. The van der Waals surface area contributed by atoms with E-state index in [9.17, 15) is 4.79 Å². The number of Topliss-reactive ketones (excluding diaryl/α,β-unsaturated/α-hetero) is 1. The zero-order chi connectivity index (χ0) is 10.7. The number of hydrogen-bond acceptors (Lipinski definition) is 4. The van der Waals surface area contributed by atoms with Crippen molar-refractivity contribution in [1.82, 2.24) is 10.2 Å². The third-order valence-corrected chi connectivity index (χ3v) is 2.58. The Morgan fingerprint density at radius 1 is 1.53 bits per heavy atom. The molecule has 0 spiro atoms. The van der Waals surface area contributed by atoms with E-state index in [-0.39, 0.29) is 5.78 Å². The summed E-state index contributed by atoms with van der Waals surface area (Å²) in [6.45, 7) is 3.33. The molecule has 15 heavy (non-hydrogen) atoms. The molecule has 1 saturated heterocycles. The van der Waals surface area contributed by atoms with Crippen molar-refractivity contribution in [2.24, 2.45) is 5.92 Å². The second-order valence-electron chi connectivity index (χ2n) is 3.92. The molecular weight excluding hydrogens is 192 g/mol. The number of ketones is 1. The number of nitrogens with zero attached hydrogens (tertiary/aromatic N) is 2.